The van der Waals surface area contributed by atoms with Crippen molar-refractivity contribution in [2.45, 2.75) is 175 Å². The number of ether oxygens (including phenoxy) is 4. The van der Waals surface area contributed by atoms with E-state index in [1.54, 1.807) is 0 Å². The fraction of sp³-hybridized carbons (Fsp3) is 0.632. The Morgan fingerprint density at radius 1 is 0.293 bits per heavy atom. The predicted molar refractivity (Wildman–Crippen MR) is 355 cm³/mol. The van der Waals surface area contributed by atoms with Crippen molar-refractivity contribution in [3.05, 3.63) is 144 Å². The van der Waals surface area contributed by atoms with Crippen LogP contribution in [0, 0.1) is 23.7 Å². The lowest BCUT2D eigenvalue weighted by Gasteiger charge is -2.33. The summed E-state index contributed by atoms with van der Waals surface area (Å²) in [7, 11) is 17.2. The van der Waals surface area contributed by atoms with Gasteiger partial charge in [0.1, 0.15) is 26.2 Å². The van der Waals surface area contributed by atoms with Crippen LogP contribution in [0.2, 0.25) is 0 Å². The van der Waals surface area contributed by atoms with E-state index in [1.807, 2.05) is 121 Å². The molecular weight excluding hydrogens is 1160 g/mol. The Morgan fingerprint density at radius 2 is 0.457 bits per heavy atom. The smallest absolute Gasteiger partial charge is 0.343 e. The second-order valence-corrected chi connectivity index (χ2v) is 31.1. The quantitative estimate of drug-likeness (QED) is 0.0474. The molecule has 0 bridgehead atoms. The van der Waals surface area contributed by atoms with Gasteiger partial charge >= 0.3 is 23.9 Å². The van der Waals surface area contributed by atoms with Crippen molar-refractivity contribution in [3.63, 3.8) is 0 Å². The third-order valence-electron chi connectivity index (χ3n) is 22.0. The van der Waals surface area contributed by atoms with E-state index in [0.29, 0.717) is 22.3 Å². The lowest BCUT2D eigenvalue weighted by atomic mass is 9.80. The van der Waals surface area contributed by atoms with Gasteiger partial charge in [0.15, 0.2) is 46.8 Å². The molecule has 0 radical (unpaired) electrons. The average Bonchev–Trinajstić information content (AvgIpc) is 1.34. The second-order valence-electron chi connectivity index (χ2n) is 31.1. The largest absolute Gasteiger partial charge is 0.454 e. The van der Waals surface area contributed by atoms with Gasteiger partial charge in [-0.15, -0.1) is 0 Å². The summed E-state index contributed by atoms with van der Waals surface area (Å²) in [6.07, 6.45) is 18.7. The molecule has 4 saturated carbocycles. The molecule has 8 aliphatic rings. The monoisotopic (exact) mass is 1270 g/mol. The molecule has 4 aliphatic carbocycles. The number of likely N-dealkylation sites (N-methyl/N-ethyl adjacent to an activating group) is 4. The van der Waals surface area contributed by atoms with Crippen molar-refractivity contribution >= 4 is 23.9 Å². The van der Waals surface area contributed by atoms with E-state index in [1.165, 1.54) is 0 Å². The first-order chi connectivity index (χ1) is 43.7. The van der Waals surface area contributed by atoms with Crippen LogP contribution in [0.25, 0.3) is 0 Å². The maximum atomic E-state index is 12.9. The molecule has 4 aromatic rings. The van der Waals surface area contributed by atoms with Crippen molar-refractivity contribution in [3.8, 4) is 0 Å². The van der Waals surface area contributed by atoms with Crippen molar-refractivity contribution in [1.82, 2.24) is 0 Å². The van der Waals surface area contributed by atoms with Crippen molar-refractivity contribution in [2.75, 3.05) is 109 Å². The number of carbonyl (C=O) groups is 4. The molecule has 4 saturated heterocycles. The molecule has 0 amide bonds. The van der Waals surface area contributed by atoms with Gasteiger partial charge in [-0.2, -0.15) is 0 Å². The highest BCUT2D eigenvalue weighted by molar-refractivity contribution is 5.84. The normalized spacial score (nSPS) is 26.8. The molecule has 504 valence electrons. The zero-order chi connectivity index (χ0) is 66.0. The van der Waals surface area contributed by atoms with E-state index >= 15 is 0 Å². The summed E-state index contributed by atoms with van der Waals surface area (Å²) in [5.74, 6) is -1.99. The minimum absolute atomic E-state index is 0.0405. The molecule has 4 aliphatic heterocycles. The van der Waals surface area contributed by atoms with E-state index < -0.39 is 46.3 Å². The number of nitrogens with zero attached hydrogens (tertiary/aromatic N) is 4. The fourth-order valence-electron chi connectivity index (χ4n) is 16.5. The van der Waals surface area contributed by atoms with Crippen LogP contribution < -0.4 is 0 Å². The number of hydrogen-bond acceptors (Lipinski definition) is 12. The highest BCUT2D eigenvalue weighted by Gasteiger charge is 2.54. The summed E-state index contributed by atoms with van der Waals surface area (Å²) in [5, 5.41) is 45.4. The molecule has 0 spiro atoms. The minimum atomic E-state index is -1.50. The molecule has 16 nitrogen and oxygen atoms in total. The van der Waals surface area contributed by atoms with Crippen LogP contribution in [0.3, 0.4) is 0 Å². The predicted octanol–water partition coefficient (Wildman–Crippen LogP) is 9.83. The second kappa shape index (κ2) is 30.0. The number of benzene rings is 4. The van der Waals surface area contributed by atoms with E-state index in [-0.39, 0.29) is 48.1 Å². The van der Waals surface area contributed by atoms with Gasteiger partial charge in [0.25, 0.3) is 0 Å². The molecule has 0 aromatic heterocycles. The molecule has 16 heteroatoms. The number of rotatable bonds is 16. The van der Waals surface area contributed by atoms with Crippen LogP contribution in [0.4, 0.5) is 0 Å². The van der Waals surface area contributed by atoms with Crippen LogP contribution in [-0.2, 0) is 60.5 Å². The molecule has 4 N–H and O–H groups in total. The van der Waals surface area contributed by atoms with Gasteiger partial charge in [0.05, 0.1) is 82.6 Å². The summed E-state index contributed by atoms with van der Waals surface area (Å²) in [5.41, 5.74) is -3.33. The number of hydrogen-bond donors (Lipinski definition) is 4. The summed E-state index contributed by atoms with van der Waals surface area (Å²) >= 11 is 0. The zero-order valence-corrected chi connectivity index (χ0v) is 56.8. The summed E-state index contributed by atoms with van der Waals surface area (Å²) in [4.78, 5) is 51.8. The standard InChI is InChI=1S/4C19H28NO3/c4*1-20(2)13-12-17(14-20)23-18(21)19(22,16-10-6-7-11-16)15-8-4-3-5-9-15/h4*3-5,8-9,16-17,22H,6-7,10-14H2,1-2H3/q4*+1/t2*17-,19+;2*17-,19-/m1100/s1. The molecule has 8 atom stereocenters. The van der Waals surface area contributed by atoms with Crippen LogP contribution in [0.5, 0.6) is 0 Å². The maximum Gasteiger partial charge on any atom is 0.343 e. The van der Waals surface area contributed by atoms with Crippen LogP contribution >= 0.6 is 0 Å². The molecular formula is C76H112N4O12+4. The first-order valence-electron chi connectivity index (χ1n) is 34.9. The van der Waals surface area contributed by atoms with E-state index in [2.05, 4.69) is 56.4 Å². The average molecular weight is 1270 g/mol. The van der Waals surface area contributed by atoms with Gasteiger partial charge < -0.3 is 57.3 Å². The van der Waals surface area contributed by atoms with Gasteiger partial charge in [-0.1, -0.05) is 173 Å². The first-order valence-corrected chi connectivity index (χ1v) is 34.9. The maximum absolute atomic E-state index is 12.9. The third kappa shape index (κ3) is 16.9. The highest BCUT2D eigenvalue weighted by Crippen LogP contribution is 2.46. The van der Waals surface area contributed by atoms with Crippen LogP contribution in [-0.4, -0.2) is 195 Å². The molecule has 12 rings (SSSR count). The Hall–Kier alpha value is -5.56. The topological polar surface area (TPSA) is 186 Å². The Morgan fingerprint density at radius 3 is 0.598 bits per heavy atom. The number of carbonyl (C=O) groups excluding carboxylic acids is 4. The van der Waals surface area contributed by atoms with Crippen molar-refractivity contribution in [2.24, 2.45) is 23.7 Å². The Kier molecular flexibility index (Phi) is 23.1. The number of aliphatic hydroxyl groups is 4. The SMILES string of the molecule is C[N+]1(C)CC[C@@H](OC(=O)[C@](O)(c2ccccc2)C2CCCC2)C1.C[N+]1(C)CC[C@@H](OC(=O)[C@](O)(c2ccccc2)C2CCCC2)C1.C[N+]1(C)CC[C@H](OC(=O)[C@](O)(c2ccccc2)C2CCCC2)C1.C[N+]1(C)CC[C@H](OC(=O)[C@](O)(c2ccccc2)C2CCCC2)C1. The molecule has 92 heavy (non-hydrogen) atoms. The summed E-state index contributed by atoms with van der Waals surface area (Å²) in [6.45, 7) is 7.30. The van der Waals surface area contributed by atoms with Crippen molar-refractivity contribution in [1.29, 1.82) is 0 Å². The number of likely N-dealkylation sites (tertiary alicyclic amines) is 4. The Balaban J connectivity index is 0.000000145. The first kappa shape index (κ1) is 70.7. The molecule has 4 aromatic carbocycles. The van der Waals surface area contributed by atoms with E-state index in [4.69, 9.17) is 18.9 Å². The Labute approximate surface area is 549 Å². The van der Waals surface area contributed by atoms with Crippen LogP contribution in [0.1, 0.15) is 151 Å². The van der Waals surface area contributed by atoms with Crippen LogP contribution in [0.15, 0.2) is 121 Å². The van der Waals surface area contributed by atoms with Gasteiger partial charge in [0, 0.05) is 49.4 Å². The van der Waals surface area contributed by atoms with Gasteiger partial charge in [-0.25, -0.2) is 19.2 Å². The summed E-state index contributed by atoms with van der Waals surface area (Å²) < 4.78 is 26.6. The van der Waals surface area contributed by atoms with Gasteiger partial charge in [0.2, 0.25) is 0 Å². The zero-order valence-electron chi connectivity index (χ0n) is 56.8. The molecule has 0 unspecified atom stereocenters. The van der Waals surface area contributed by atoms with E-state index in [9.17, 15) is 39.6 Å². The highest BCUT2D eigenvalue weighted by atomic mass is 16.6. The molecule has 8 fully saturated rings. The van der Waals surface area contributed by atoms with Gasteiger partial charge in [-0.05, 0) is 73.6 Å². The Bertz CT molecular complexity index is 2610. The number of quaternary nitrogens is 4. The van der Waals surface area contributed by atoms with E-state index in [0.717, 1.165) is 199 Å². The van der Waals surface area contributed by atoms with Gasteiger partial charge in [-0.3, -0.25) is 0 Å². The summed E-state index contributed by atoms with van der Waals surface area (Å²) in [6, 6.07) is 37.3. The number of esters is 4. The molecule has 4 heterocycles. The lowest BCUT2D eigenvalue weighted by molar-refractivity contribution is -0.879. The minimum Gasteiger partial charge on any atom is -0.454 e. The fourth-order valence-corrected chi connectivity index (χ4v) is 16.5. The third-order valence-corrected chi connectivity index (χ3v) is 22.0. The van der Waals surface area contributed by atoms with Crippen molar-refractivity contribution < 1.29 is 76.5 Å². The lowest BCUT2D eigenvalue weighted by Crippen LogP contribution is -2.46.